The number of hydrogen-bond donors (Lipinski definition) is 5. The molecule has 0 saturated carbocycles. The van der Waals surface area contributed by atoms with Crippen LogP contribution in [0.2, 0.25) is 0 Å². The molecule has 10 nitrogen and oxygen atoms in total. The highest BCUT2D eigenvalue weighted by Gasteiger charge is 2.38. The van der Waals surface area contributed by atoms with Gasteiger partial charge in [-0.25, -0.2) is 4.79 Å². The topological polar surface area (TPSA) is 168 Å². The molecule has 0 aromatic rings. The van der Waals surface area contributed by atoms with Crippen LogP contribution in [-0.2, 0) is 19.2 Å². The molecule has 0 aliphatic carbocycles. The third kappa shape index (κ3) is 9.13. The number of aliphatic carboxylic acids is 1. The molecule has 5 atom stereocenters. The number of likely N-dealkylation sites (tertiary alicyclic amines) is 1. The molecule has 0 bridgehead atoms. The van der Waals surface area contributed by atoms with E-state index in [1.165, 1.54) is 16.7 Å². The zero-order valence-corrected chi connectivity index (χ0v) is 20.9. The van der Waals surface area contributed by atoms with Crippen LogP contribution in [0.5, 0.6) is 0 Å². The molecule has 1 aliphatic rings. The van der Waals surface area contributed by atoms with Crippen molar-refractivity contribution < 1.29 is 24.3 Å². The average Bonchev–Trinajstić information content (AvgIpc) is 3.28. The molecular weight excluding hydrogens is 446 g/mol. The molecule has 1 heterocycles. The van der Waals surface area contributed by atoms with Crippen molar-refractivity contribution >= 4 is 35.5 Å². The highest BCUT2D eigenvalue weighted by atomic mass is 32.2. The zero-order valence-electron chi connectivity index (χ0n) is 20.0. The number of rotatable bonds is 15. The summed E-state index contributed by atoms with van der Waals surface area (Å²) >= 11 is 1.49. The lowest BCUT2D eigenvalue weighted by molar-refractivity contribution is -0.143. The Morgan fingerprint density at radius 1 is 1.18 bits per heavy atom. The number of nitrogens with one attached hydrogen (secondary N) is 2. The quantitative estimate of drug-likeness (QED) is 0.205. The summed E-state index contributed by atoms with van der Waals surface area (Å²) in [5.74, 6) is -1.94. The van der Waals surface area contributed by atoms with E-state index in [-0.39, 0.29) is 18.2 Å². The number of carbonyl (C=O) groups excluding carboxylic acids is 3. The lowest BCUT2D eigenvalue weighted by Crippen LogP contribution is -2.58. The first-order valence-electron chi connectivity index (χ1n) is 11.8. The van der Waals surface area contributed by atoms with Gasteiger partial charge >= 0.3 is 5.97 Å². The van der Waals surface area contributed by atoms with E-state index >= 15 is 0 Å². The Kier molecular flexibility index (Phi) is 13.4. The second-order valence-electron chi connectivity index (χ2n) is 8.63. The Bertz CT molecular complexity index is 665. The van der Waals surface area contributed by atoms with Crippen LogP contribution in [0.15, 0.2) is 0 Å². The number of carboxylic acids is 1. The van der Waals surface area contributed by atoms with Gasteiger partial charge in [0.2, 0.25) is 17.7 Å². The van der Waals surface area contributed by atoms with Gasteiger partial charge in [-0.2, -0.15) is 11.8 Å². The van der Waals surface area contributed by atoms with Crippen molar-refractivity contribution in [3.05, 3.63) is 0 Å². The minimum Gasteiger partial charge on any atom is -0.480 e. The van der Waals surface area contributed by atoms with E-state index in [9.17, 15) is 24.3 Å². The minimum absolute atomic E-state index is 0.215. The molecular formula is C22H41N5O5S. The Morgan fingerprint density at radius 3 is 2.45 bits per heavy atom. The summed E-state index contributed by atoms with van der Waals surface area (Å²) < 4.78 is 0. The van der Waals surface area contributed by atoms with Gasteiger partial charge in [-0.1, -0.05) is 26.7 Å². The van der Waals surface area contributed by atoms with E-state index < -0.39 is 42.0 Å². The van der Waals surface area contributed by atoms with Gasteiger partial charge in [0.05, 0.1) is 6.04 Å². The summed E-state index contributed by atoms with van der Waals surface area (Å²) in [6, 6.07) is -3.30. The predicted molar refractivity (Wildman–Crippen MR) is 130 cm³/mol. The fraction of sp³-hybridized carbons (Fsp3) is 0.818. The van der Waals surface area contributed by atoms with Crippen LogP contribution in [0, 0.1) is 5.92 Å². The molecule has 0 radical (unpaired) electrons. The maximum atomic E-state index is 13.1. The molecule has 1 rings (SSSR count). The number of thioether (sulfide) groups is 1. The van der Waals surface area contributed by atoms with Crippen molar-refractivity contribution in [2.45, 2.75) is 83.0 Å². The number of carboxylic acid groups (broad SMARTS) is 1. The van der Waals surface area contributed by atoms with Crippen molar-refractivity contribution in [1.82, 2.24) is 15.5 Å². The summed E-state index contributed by atoms with van der Waals surface area (Å²) in [5.41, 5.74) is 11.6. The lowest BCUT2D eigenvalue weighted by Gasteiger charge is -2.30. The number of carbonyl (C=O) groups is 4. The van der Waals surface area contributed by atoms with Crippen LogP contribution in [0.1, 0.15) is 58.8 Å². The highest BCUT2D eigenvalue weighted by molar-refractivity contribution is 7.98. The molecule has 11 heteroatoms. The number of amides is 3. The maximum absolute atomic E-state index is 13.1. The molecule has 1 saturated heterocycles. The summed E-state index contributed by atoms with van der Waals surface area (Å²) in [6.07, 6.45) is 5.96. The monoisotopic (exact) mass is 487 g/mol. The first-order valence-corrected chi connectivity index (χ1v) is 13.2. The molecule has 0 spiro atoms. The van der Waals surface area contributed by atoms with E-state index in [1.807, 2.05) is 20.1 Å². The van der Waals surface area contributed by atoms with E-state index in [0.717, 1.165) is 12.8 Å². The smallest absolute Gasteiger partial charge is 0.326 e. The third-order valence-electron chi connectivity index (χ3n) is 6.14. The van der Waals surface area contributed by atoms with Crippen molar-refractivity contribution in [2.24, 2.45) is 17.4 Å². The molecule has 0 aromatic heterocycles. The Balaban J connectivity index is 2.87. The van der Waals surface area contributed by atoms with Gasteiger partial charge in [0.1, 0.15) is 18.1 Å². The average molecular weight is 488 g/mol. The first kappa shape index (κ1) is 29.2. The van der Waals surface area contributed by atoms with Crippen molar-refractivity contribution in [1.29, 1.82) is 0 Å². The number of hydrogen-bond acceptors (Lipinski definition) is 7. The standard InChI is InChI=1S/C22H41N5O5S/c1-4-14(2)18(20(29)25-16(22(31)32)10-13-33-3)26-19(28)17-9-7-12-27(17)21(30)15(24)8-5-6-11-23/h14-18H,4-13,23-24H2,1-3H3,(H,25,29)(H,26,28)(H,31,32). The van der Waals surface area contributed by atoms with Gasteiger partial charge in [-0.05, 0) is 56.6 Å². The summed E-state index contributed by atoms with van der Waals surface area (Å²) in [4.78, 5) is 51.9. The van der Waals surface area contributed by atoms with Gasteiger partial charge in [0.15, 0.2) is 0 Å². The third-order valence-corrected chi connectivity index (χ3v) is 6.79. The zero-order chi connectivity index (χ0) is 25.0. The van der Waals surface area contributed by atoms with Crippen LogP contribution in [-0.4, -0.2) is 83.0 Å². The summed E-state index contributed by atoms with van der Waals surface area (Å²) in [7, 11) is 0. The van der Waals surface area contributed by atoms with Crippen molar-refractivity contribution in [3.8, 4) is 0 Å². The highest BCUT2D eigenvalue weighted by Crippen LogP contribution is 2.20. The number of nitrogens with two attached hydrogens (primary N) is 2. The molecule has 3 amide bonds. The van der Waals surface area contributed by atoms with Crippen LogP contribution in [0.25, 0.3) is 0 Å². The van der Waals surface area contributed by atoms with E-state index in [0.29, 0.717) is 44.5 Å². The van der Waals surface area contributed by atoms with Gasteiger partial charge in [0.25, 0.3) is 0 Å². The fourth-order valence-corrected chi connectivity index (χ4v) is 4.33. The fourth-order valence-electron chi connectivity index (χ4n) is 3.85. The van der Waals surface area contributed by atoms with E-state index in [2.05, 4.69) is 10.6 Å². The molecule has 33 heavy (non-hydrogen) atoms. The predicted octanol–water partition coefficient (Wildman–Crippen LogP) is 0.287. The van der Waals surface area contributed by atoms with Crippen LogP contribution < -0.4 is 22.1 Å². The van der Waals surface area contributed by atoms with Crippen LogP contribution >= 0.6 is 11.8 Å². The van der Waals surface area contributed by atoms with Crippen LogP contribution in [0.4, 0.5) is 0 Å². The molecule has 190 valence electrons. The largest absolute Gasteiger partial charge is 0.480 e. The van der Waals surface area contributed by atoms with Crippen molar-refractivity contribution in [2.75, 3.05) is 25.1 Å². The molecule has 1 aliphatic heterocycles. The van der Waals surface area contributed by atoms with E-state index in [4.69, 9.17) is 11.5 Å². The van der Waals surface area contributed by atoms with Crippen LogP contribution in [0.3, 0.4) is 0 Å². The van der Waals surface area contributed by atoms with Gasteiger partial charge in [-0.15, -0.1) is 0 Å². The summed E-state index contributed by atoms with van der Waals surface area (Å²) in [6.45, 7) is 4.70. The molecule has 5 unspecified atom stereocenters. The normalized spacial score (nSPS) is 19.4. The number of unbranched alkanes of at least 4 members (excludes halogenated alkanes) is 1. The minimum atomic E-state index is -1.11. The van der Waals surface area contributed by atoms with Crippen molar-refractivity contribution in [3.63, 3.8) is 0 Å². The lowest BCUT2D eigenvalue weighted by atomic mass is 9.97. The molecule has 0 aromatic carbocycles. The second kappa shape index (κ2) is 15.1. The van der Waals surface area contributed by atoms with E-state index in [1.54, 1.807) is 0 Å². The Hall–Kier alpha value is -1.85. The molecule has 1 fully saturated rings. The van der Waals surface area contributed by atoms with Gasteiger partial charge in [0, 0.05) is 6.54 Å². The van der Waals surface area contributed by atoms with Gasteiger partial charge < -0.3 is 32.1 Å². The molecule has 7 N–H and O–H groups in total. The summed E-state index contributed by atoms with van der Waals surface area (Å²) in [5, 5.41) is 14.8. The first-order chi connectivity index (χ1) is 15.7. The second-order valence-corrected chi connectivity index (χ2v) is 9.62. The SMILES string of the molecule is CCC(C)C(NC(=O)C1CCCN1C(=O)C(N)CCCCN)C(=O)NC(CCSC)C(=O)O. The Labute approximate surface area is 200 Å². The number of nitrogens with zero attached hydrogens (tertiary/aromatic N) is 1. The Morgan fingerprint density at radius 2 is 1.88 bits per heavy atom. The van der Waals surface area contributed by atoms with Gasteiger partial charge in [-0.3, -0.25) is 14.4 Å². The maximum Gasteiger partial charge on any atom is 0.326 e.